The molecule has 1 aliphatic carbocycles. The maximum Gasteiger partial charge on any atom is 0.253 e. The summed E-state index contributed by atoms with van der Waals surface area (Å²) in [5, 5.41) is 12.7. The molecule has 0 saturated heterocycles. The van der Waals surface area contributed by atoms with E-state index in [9.17, 15) is 9.90 Å². The van der Waals surface area contributed by atoms with Crippen LogP contribution in [0.1, 0.15) is 38.5 Å². The number of carbonyl (C=O) groups is 1. The second kappa shape index (κ2) is 6.55. The van der Waals surface area contributed by atoms with Crippen molar-refractivity contribution in [3.8, 4) is 0 Å². The number of anilines is 1. The first-order valence-corrected chi connectivity index (χ1v) is 6.79. The van der Waals surface area contributed by atoms with Crippen LogP contribution in [0.5, 0.6) is 0 Å². The third-order valence-corrected chi connectivity index (χ3v) is 3.63. The van der Waals surface area contributed by atoms with Gasteiger partial charge in [0.15, 0.2) is 0 Å². The number of benzene rings is 1. The number of hydrogen-bond acceptors (Lipinski definition) is 2. The van der Waals surface area contributed by atoms with E-state index in [0.29, 0.717) is 12.3 Å². The molecule has 1 atom stereocenters. The maximum absolute atomic E-state index is 11.8. The zero-order valence-corrected chi connectivity index (χ0v) is 10.6. The summed E-state index contributed by atoms with van der Waals surface area (Å²) in [6.07, 6.45) is 5.77. The lowest BCUT2D eigenvalue weighted by molar-refractivity contribution is -0.125. The van der Waals surface area contributed by atoms with Gasteiger partial charge in [0.2, 0.25) is 0 Å². The van der Waals surface area contributed by atoms with Crippen LogP contribution in [0.3, 0.4) is 0 Å². The number of aliphatic hydroxyl groups is 1. The van der Waals surface area contributed by atoms with Gasteiger partial charge in [0.25, 0.3) is 5.91 Å². The van der Waals surface area contributed by atoms with Crippen molar-refractivity contribution in [1.29, 1.82) is 0 Å². The van der Waals surface area contributed by atoms with E-state index in [2.05, 4.69) is 5.32 Å². The Balaban J connectivity index is 1.81. The Kier molecular flexibility index (Phi) is 4.76. The van der Waals surface area contributed by atoms with Gasteiger partial charge in [0.05, 0.1) is 0 Å². The largest absolute Gasteiger partial charge is 0.383 e. The Morgan fingerprint density at radius 2 is 1.89 bits per heavy atom. The summed E-state index contributed by atoms with van der Waals surface area (Å²) in [7, 11) is 0. The number of amides is 1. The van der Waals surface area contributed by atoms with Gasteiger partial charge < -0.3 is 10.4 Å². The molecule has 0 bridgehead atoms. The molecule has 1 fully saturated rings. The zero-order valence-electron chi connectivity index (χ0n) is 10.6. The average molecular weight is 247 g/mol. The van der Waals surface area contributed by atoms with E-state index >= 15 is 0 Å². The van der Waals surface area contributed by atoms with E-state index < -0.39 is 6.10 Å². The van der Waals surface area contributed by atoms with Crippen LogP contribution < -0.4 is 5.32 Å². The smallest absolute Gasteiger partial charge is 0.253 e. The molecular weight excluding hydrogens is 226 g/mol. The number of hydrogen-bond donors (Lipinski definition) is 2. The van der Waals surface area contributed by atoms with Crippen LogP contribution in [0.25, 0.3) is 0 Å². The minimum absolute atomic E-state index is 0.285. The quantitative estimate of drug-likeness (QED) is 0.859. The van der Waals surface area contributed by atoms with Crippen LogP contribution in [0.15, 0.2) is 30.3 Å². The highest BCUT2D eigenvalue weighted by molar-refractivity contribution is 5.93. The van der Waals surface area contributed by atoms with Crippen molar-refractivity contribution >= 4 is 11.6 Å². The van der Waals surface area contributed by atoms with E-state index in [1.165, 1.54) is 19.3 Å². The molecule has 3 nitrogen and oxygen atoms in total. The third-order valence-electron chi connectivity index (χ3n) is 3.63. The zero-order chi connectivity index (χ0) is 12.8. The number of rotatable bonds is 4. The lowest BCUT2D eigenvalue weighted by Crippen LogP contribution is -2.30. The first kappa shape index (κ1) is 13.1. The van der Waals surface area contributed by atoms with Crippen molar-refractivity contribution in [3.05, 3.63) is 30.3 Å². The van der Waals surface area contributed by atoms with Gasteiger partial charge in [-0.2, -0.15) is 0 Å². The van der Waals surface area contributed by atoms with Crippen LogP contribution in [-0.2, 0) is 4.79 Å². The van der Waals surface area contributed by atoms with Gasteiger partial charge in [-0.3, -0.25) is 4.79 Å². The third kappa shape index (κ3) is 3.84. The minimum Gasteiger partial charge on any atom is -0.383 e. The number of para-hydroxylation sites is 1. The lowest BCUT2D eigenvalue weighted by atomic mass is 9.85. The predicted octanol–water partition coefficient (Wildman–Crippen LogP) is 2.96. The average Bonchev–Trinajstić information content (AvgIpc) is 2.41. The first-order chi connectivity index (χ1) is 8.75. The van der Waals surface area contributed by atoms with Gasteiger partial charge in [0.1, 0.15) is 6.10 Å². The van der Waals surface area contributed by atoms with Crippen LogP contribution in [0.4, 0.5) is 5.69 Å². The summed E-state index contributed by atoms with van der Waals surface area (Å²) in [6, 6.07) is 9.27. The summed E-state index contributed by atoms with van der Waals surface area (Å²) >= 11 is 0. The SMILES string of the molecule is O=C(Nc1ccccc1)[C@@H](O)CC1CCCCC1. The molecule has 0 unspecified atom stereocenters. The second-order valence-electron chi connectivity index (χ2n) is 5.11. The van der Waals surface area contributed by atoms with Gasteiger partial charge in [0, 0.05) is 5.69 Å². The summed E-state index contributed by atoms with van der Waals surface area (Å²) in [6.45, 7) is 0. The van der Waals surface area contributed by atoms with Crippen LogP contribution in [0.2, 0.25) is 0 Å². The van der Waals surface area contributed by atoms with E-state index in [1.807, 2.05) is 30.3 Å². The fourth-order valence-electron chi connectivity index (χ4n) is 2.59. The number of carbonyl (C=O) groups excluding carboxylic acids is 1. The van der Waals surface area contributed by atoms with E-state index in [0.717, 1.165) is 18.5 Å². The molecule has 0 spiro atoms. The van der Waals surface area contributed by atoms with Gasteiger partial charge in [-0.05, 0) is 24.5 Å². The molecule has 1 aromatic rings. The Labute approximate surface area is 108 Å². The van der Waals surface area contributed by atoms with Crippen molar-refractivity contribution in [3.63, 3.8) is 0 Å². The van der Waals surface area contributed by atoms with Crippen molar-refractivity contribution in [2.45, 2.75) is 44.6 Å². The van der Waals surface area contributed by atoms with E-state index in [1.54, 1.807) is 0 Å². The highest BCUT2D eigenvalue weighted by Crippen LogP contribution is 2.27. The van der Waals surface area contributed by atoms with Gasteiger partial charge >= 0.3 is 0 Å². The maximum atomic E-state index is 11.8. The topological polar surface area (TPSA) is 49.3 Å². The molecule has 0 aromatic heterocycles. The van der Waals surface area contributed by atoms with Crippen LogP contribution >= 0.6 is 0 Å². The van der Waals surface area contributed by atoms with Gasteiger partial charge in [-0.15, -0.1) is 0 Å². The Morgan fingerprint density at radius 1 is 1.22 bits per heavy atom. The molecule has 18 heavy (non-hydrogen) atoms. The molecular formula is C15H21NO2. The second-order valence-corrected chi connectivity index (χ2v) is 5.11. The lowest BCUT2D eigenvalue weighted by Gasteiger charge is -2.23. The molecule has 1 amide bonds. The molecule has 2 rings (SSSR count). The van der Waals surface area contributed by atoms with E-state index in [4.69, 9.17) is 0 Å². The van der Waals surface area contributed by atoms with Crippen LogP contribution in [-0.4, -0.2) is 17.1 Å². The Morgan fingerprint density at radius 3 is 2.56 bits per heavy atom. The Hall–Kier alpha value is -1.35. The van der Waals surface area contributed by atoms with E-state index in [-0.39, 0.29) is 5.91 Å². The molecule has 3 heteroatoms. The van der Waals surface area contributed by atoms with Crippen molar-refractivity contribution in [2.24, 2.45) is 5.92 Å². The number of aliphatic hydroxyl groups excluding tert-OH is 1. The summed E-state index contributed by atoms with van der Waals surface area (Å²) in [5.74, 6) is 0.224. The first-order valence-electron chi connectivity index (χ1n) is 6.79. The molecule has 2 N–H and O–H groups in total. The molecule has 0 radical (unpaired) electrons. The summed E-state index contributed by atoms with van der Waals surface area (Å²) in [5.41, 5.74) is 0.741. The minimum atomic E-state index is -0.881. The normalized spacial score (nSPS) is 18.3. The molecule has 1 saturated carbocycles. The fraction of sp³-hybridized carbons (Fsp3) is 0.533. The molecule has 0 aliphatic heterocycles. The van der Waals surface area contributed by atoms with Crippen molar-refractivity contribution < 1.29 is 9.90 Å². The molecule has 1 aliphatic rings. The highest BCUT2D eigenvalue weighted by atomic mass is 16.3. The standard InChI is InChI=1S/C15H21NO2/c17-14(11-12-7-3-1-4-8-12)15(18)16-13-9-5-2-6-10-13/h2,5-6,9-10,12,14,17H,1,3-4,7-8,11H2,(H,16,18)/t14-/m0/s1. The molecule has 98 valence electrons. The molecule has 0 heterocycles. The predicted molar refractivity (Wildman–Crippen MR) is 72.3 cm³/mol. The Bertz CT molecular complexity index is 371. The van der Waals surface area contributed by atoms with Crippen molar-refractivity contribution in [2.75, 3.05) is 5.32 Å². The molecule has 1 aromatic carbocycles. The van der Waals surface area contributed by atoms with Crippen LogP contribution in [0, 0.1) is 5.92 Å². The fourth-order valence-corrected chi connectivity index (χ4v) is 2.59. The highest BCUT2D eigenvalue weighted by Gasteiger charge is 2.22. The summed E-state index contributed by atoms with van der Waals surface area (Å²) in [4.78, 5) is 11.8. The summed E-state index contributed by atoms with van der Waals surface area (Å²) < 4.78 is 0. The monoisotopic (exact) mass is 247 g/mol. The van der Waals surface area contributed by atoms with Crippen molar-refractivity contribution in [1.82, 2.24) is 0 Å². The number of nitrogens with one attached hydrogen (secondary N) is 1. The van der Waals surface area contributed by atoms with Gasteiger partial charge in [-0.1, -0.05) is 50.3 Å². The van der Waals surface area contributed by atoms with Gasteiger partial charge in [-0.25, -0.2) is 0 Å².